The molecule has 1 amide bonds. The molecule has 0 radical (unpaired) electrons. The van der Waals surface area contributed by atoms with Crippen LogP contribution in [0.25, 0.3) is 0 Å². The summed E-state index contributed by atoms with van der Waals surface area (Å²) in [6.45, 7) is 3.72. The topological polar surface area (TPSA) is 75.7 Å². The van der Waals surface area contributed by atoms with Crippen LogP contribution in [0.5, 0.6) is 5.75 Å². The van der Waals surface area contributed by atoms with Gasteiger partial charge in [0.15, 0.2) is 0 Å². The molecule has 3 rings (SSSR count). The number of nitrogens with zero attached hydrogens (tertiary/aromatic N) is 1. The van der Waals surface area contributed by atoms with Crippen LogP contribution in [0, 0.1) is 5.92 Å². The molecule has 1 aliphatic rings. The molecule has 0 spiro atoms. The molecule has 1 fully saturated rings. The summed E-state index contributed by atoms with van der Waals surface area (Å²) in [5, 5.41) is 1.18. The number of thioether (sulfide) groups is 1. The highest BCUT2D eigenvalue weighted by molar-refractivity contribution is 7.98. The number of piperidine rings is 1. The van der Waals surface area contributed by atoms with E-state index in [-0.39, 0.29) is 22.9 Å². The number of carbonyl (C=O) groups is 1. The molecular formula is C23H28Cl2N2O4S2. The lowest BCUT2D eigenvalue weighted by molar-refractivity contribution is 0.0693. The van der Waals surface area contributed by atoms with Crippen molar-refractivity contribution >= 4 is 50.9 Å². The van der Waals surface area contributed by atoms with Crippen LogP contribution in [0.4, 0.5) is 0 Å². The molecule has 0 aliphatic carbocycles. The SMILES string of the molecule is COc1ccc(S(=O)(=O)NCCSCc2c(Cl)cccc2Cl)cc1C(=O)N1CCC(C)CC1. The summed E-state index contributed by atoms with van der Waals surface area (Å²) in [7, 11) is -2.31. The molecule has 2 aromatic carbocycles. The van der Waals surface area contributed by atoms with E-state index < -0.39 is 10.0 Å². The fourth-order valence-electron chi connectivity index (χ4n) is 3.58. The Labute approximate surface area is 210 Å². The van der Waals surface area contributed by atoms with E-state index in [0.29, 0.717) is 46.3 Å². The maximum absolute atomic E-state index is 13.1. The van der Waals surface area contributed by atoms with Gasteiger partial charge in [-0.15, -0.1) is 0 Å². The smallest absolute Gasteiger partial charge is 0.257 e. The second-order valence-electron chi connectivity index (χ2n) is 7.99. The third kappa shape index (κ3) is 6.79. The Kier molecular flexibility index (Phi) is 9.35. The van der Waals surface area contributed by atoms with Gasteiger partial charge >= 0.3 is 0 Å². The Bertz CT molecular complexity index is 1070. The first kappa shape index (κ1) is 26.2. The zero-order chi connectivity index (χ0) is 24.0. The fourth-order valence-corrected chi connectivity index (χ4v) is 6.36. The minimum absolute atomic E-state index is 0.0381. The molecule has 0 saturated carbocycles. The molecule has 180 valence electrons. The molecule has 6 nitrogen and oxygen atoms in total. The molecular weight excluding hydrogens is 503 g/mol. The number of sulfonamides is 1. The van der Waals surface area contributed by atoms with E-state index in [2.05, 4.69) is 11.6 Å². The van der Waals surface area contributed by atoms with Crippen LogP contribution in [0.2, 0.25) is 10.0 Å². The van der Waals surface area contributed by atoms with Crippen LogP contribution >= 0.6 is 35.0 Å². The maximum Gasteiger partial charge on any atom is 0.257 e. The molecule has 1 aliphatic heterocycles. The molecule has 0 bridgehead atoms. The molecule has 0 atom stereocenters. The highest BCUT2D eigenvalue weighted by Crippen LogP contribution is 2.29. The zero-order valence-corrected chi connectivity index (χ0v) is 21.8. The van der Waals surface area contributed by atoms with E-state index in [0.717, 1.165) is 18.4 Å². The van der Waals surface area contributed by atoms with Crippen LogP contribution in [0.15, 0.2) is 41.3 Å². The number of benzene rings is 2. The van der Waals surface area contributed by atoms with Gasteiger partial charge in [-0.2, -0.15) is 11.8 Å². The van der Waals surface area contributed by atoms with Gasteiger partial charge in [-0.3, -0.25) is 4.79 Å². The molecule has 10 heteroatoms. The quantitative estimate of drug-likeness (QED) is 0.457. The summed E-state index contributed by atoms with van der Waals surface area (Å²) in [4.78, 5) is 14.9. The first-order valence-electron chi connectivity index (χ1n) is 10.7. The second kappa shape index (κ2) is 11.8. The molecule has 1 saturated heterocycles. The van der Waals surface area contributed by atoms with Crippen molar-refractivity contribution in [2.24, 2.45) is 5.92 Å². The van der Waals surface area contributed by atoms with Crippen molar-refractivity contribution in [3.8, 4) is 5.75 Å². The Hall–Kier alpha value is -1.45. The second-order valence-corrected chi connectivity index (χ2v) is 11.7. The summed E-state index contributed by atoms with van der Waals surface area (Å²) in [6.07, 6.45) is 1.87. The standard InChI is InChI=1S/C23H28Cl2N2O4S2/c1-16-8-11-27(12-9-16)23(28)18-14-17(6-7-22(18)31-2)33(29,30)26-10-13-32-15-19-20(24)4-3-5-21(19)25/h3-7,14,16,26H,8-13,15H2,1-2H3. The first-order valence-corrected chi connectivity index (χ1v) is 14.1. The van der Waals surface area contributed by atoms with Crippen molar-refractivity contribution in [3.05, 3.63) is 57.6 Å². The maximum atomic E-state index is 13.1. The molecule has 2 aromatic rings. The van der Waals surface area contributed by atoms with Gasteiger partial charge in [-0.05, 0) is 54.7 Å². The number of halogens is 2. The van der Waals surface area contributed by atoms with Crippen molar-refractivity contribution < 1.29 is 17.9 Å². The molecule has 0 unspecified atom stereocenters. The normalized spacial score (nSPS) is 15.0. The van der Waals surface area contributed by atoms with Gasteiger partial charge in [0.1, 0.15) is 5.75 Å². The van der Waals surface area contributed by atoms with Crippen LogP contribution in [-0.4, -0.2) is 51.7 Å². The number of likely N-dealkylation sites (tertiary alicyclic amines) is 1. The minimum Gasteiger partial charge on any atom is -0.496 e. The van der Waals surface area contributed by atoms with E-state index in [1.54, 1.807) is 23.1 Å². The summed E-state index contributed by atoms with van der Waals surface area (Å²) in [5.74, 6) is 1.86. The lowest BCUT2D eigenvalue weighted by atomic mass is 9.98. The molecule has 0 aromatic heterocycles. The van der Waals surface area contributed by atoms with Crippen molar-refractivity contribution in [3.63, 3.8) is 0 Å². The van der Waals surface area contributed by atoms with E-state index in [1.807, 2.05) is 0 Å². The number of hydrogen-bond acceptors (Lipinski definition) is 5. The predicted molar refractivity (Wildman–Crippen MR) is 135 cm³/mol. The van der Waals surface area contributed by atoms with Crippen LogP contribution in [0.3, 0.4) is 0 Å². The van der Waals surface area contributed by atoms with Gasteiger partial charge in [0, 0.05) is 41.2 Å². The third-order valence-corrected chi connectivity index (χ3v) is 8.78. The van der Waals surface area contributed by atoms with Crippen LogP contribution in [-0.2, 0) is 15.8 Å². The van der Waals surface area contributed by atoms with E-state index in [1.165, 1.54) is 37.1 Å². The number of methoxy groups -OCH3 is 1. The third-order valence-electron chi connectivity index (χ3n) is 5.63. The van der Waals surface area contributed by atoms with Crippen molar-refractivity contribution in [1.82, 2.24) is 9.62 Å². The number of hydrogen-bond donors (Lipinski definition) is 1. The van der Waals surface area contributed by atoms with Gasteiger partial charge in [0.2, 0.25) is 10.0 Å². The van der Waals surface area contributed by atoms with E-state index in [4.69, 9.17) is 27.9 Å². The van der Waals surface area contributed by atoms with Crippen molar-refractivity contribution in [2.45, 2.75) is 30.4 Å². The predicted octanol–water partition coefficient (Wildman–Crippen LogP) is 5.09. The largest absolute Gasteiger partial charge is 0.496 e. The number of nitrogens with one attached hydrogen (secondary N) is 1. The van der Waals surface area contributed by atoms with Crippen molar-refractivity contribution in [2.75, 3.05) is 32.5 Å². The highest BCUT2D eigenvalue weighted by Gasteiger charge is 2.26. The molecule has 33 heavy (non-hydrogen) atoms. The Balaban J connectivity index is 1.62. The lowest BCUT2D eigenvalue weighted by Crippen LogP contribution is -2.38. The van der Waals surface area contributed by atoms with E-state index >= 15 is 0 Å². The highest BCUT2D eigenvalue weighted by atomic mass is 35.5. The summed E-state index contributed by atoms with van der Waals surface area (Å²) in [6, 6.07) is 9.72. The summed E-state index contributed by atoms with van der Waals surface area (Å²) in [5.41, 5.74) is 1.09. The Morgan fingerprint density at radius 3 is 2.48 bits per heavy atom. The fraction of sp³-hybridized carbons (Fsp3) is 0.435. The monoisotopic (exact) mass is 530 g/mol. The van der Waals surface area contributed by atoms with Gasteiger partial charge in [-0.25, -0.2) is 13.1 Å². The van der Waals surface area contributed by atoms with Gasteiger partial charge < -0.3 is 9.64 Å². The van der Waals surface area contributed by atoms with Crippen LogP contribution in [0.1, 0.15) is 35.7 Å². The first-order chi connectivity index (χ1) is 15.7. The number of carbonyl (C=O) groups excluding carboxylic acids is 1. The van der Waals surface area contributed by atoms with Gasteiger partial charge in [0.25, 0.3) is 5.91 Å². The number of rotatable bonds is 9. The summed E-state index contributed by atoms with van der Waals surface area (Å²) >= 11 is 13.9. The van der Waals surface area contributed by atoms with Crippen molar-refractivity contribution in [1.29, 1.82) is 0 Å². The molecule has 1 heterocycles. The van der Waals surface area contributed by atoms with E-state index in [9.17, 15) is 13.2 Å². The zero-order valence-electron chi connectivity index (χ0n) is 18.6. The van der Waals surface area contributed by atoms with Gasteiger partial charge in [0.05, 0.1) is 17.6 Å². The molecule has 1 N–H and O–H groups in total. The average Bonchev–Trinajstić information content (AvgIpc) is 2.80. The minimum atomic E-state index is -3.78. The number of amides is 1. The lowest BCUT2D eigenvalue weighted by Gasteiger charge is -2.30. The Morgan fingerprint density at radius 2 is 1.85 bits per heavy atom. The van der Waals surface area contributed by atoms with Gasteiger partial charge in [-0.1, -0.05) is 36.2 Å². The van der Waals surface area contributed by atoms with Crippen LogP contribution < -0.4 is 9.46 Å². The Morgan fingerprint density at radius 1 is 1.18 bits per heavy atom. The summed E-state index contributed by atoms with van der Waals surface area (Å²) < 4.78 is 33.6. The average molecular weight is 532 g/mol. The number of ether oxygens (including phenoxy) is 1.